The number of nitriles is 1. The Labute approximate surface area is 128 Å². The molecule has 0 saturated heterocycles. The molecule has 0 aromatic heterocycles. The van der Waals surface area contributed by atoms with Gasteiger partial charge in [0.15, 0.2) is 0 Å². The average molecular weight is 379 g/mol. The summed E-state index contributed by atoms with van der Waals surface area (Å²) in [5.41, 5.74) is 2.54. The van der Waals surface area contributed by atoms with Crippen molar-refractivity contribution in [3.8, 4) is 11.8 Å². The largest absolute Gasteiger partial charge is 0.506 e. The summed E-state index contributed by atoms with van der Waals surface area (Å²) in [6.07, 6.45) is 3.84. The lowest BCUT2D eigenvalue weighted by atomic mass is 10.1. The van der Waals surface area contributed by atoms with Crippen LogP contribution in [0.3, 0.4) is 0 Å². The number of hydrogen-bond donors (Lipinski definition) is 1. The van der Waals surface area contributed by atoms with Crippen molar-refractivity contribution in [2.75, 3.05) is 0 Å². The number of aromatic hydroxyl groups is 1. The molecule has 0 fully saturated rings. The van der Waals surface area contributed by atoms with E-state index in [9.17, 15) is 5.11 Å². The molecule has 0 aliphatic carbocycles. The zero-order valence-corrected chi connectivity index (χ0v) is 12.9. The maximum absolute atomic E-state index is 9.63. The number of hydrogen-bond acceptors (Lipinski definition) is 2. The van der Waals surface area contributed by atoms with Gasteiger partial charge >= 0.3 is 0 Å². The van der Waals surface area contributed by atoms with Crippen molar-refractivity contribution >= 4 is 44.0 Å². The number of halogens is 2. The minimum Gasteiger partial charge on any atom is -0.506 e. The highest BCUT2D eigenvalue weighted by molar-refractivity contribution is 9.11. The summed E-state index contributed by atoms with van der Waals surface area (Å²) in [5.74, 6) is 0.184. The van der Waals surface area contributed by atoms with Crippen molar-refractivity contribution in [1.82, 2.24) is 0 Å². The summed E-state index contributed by atoms with van der Waals surface area (Å²) < 4.78 is 1.26. The van der Waals surface area contributed by atoms with Gasteiger partial charge in [0.05, 0.1) is 20.6 Å². The van der Waals surface area contributed by atoms with Crippen LogP contribution in [0.1, 0.15) is 16.7 Å². The third-order valence-corrected chi connectivity index (χ3v) is 3.73. The number of phenolic OH excluding ortho intramolecular Hbond substituents is 1. The Kier molecular flexibility index (Phi) is 4.41. The van der Waals surface area contributed by atoms with Gasteiger partial charge in [0.1, 0.15) is 5.75 Å². The lowest BCUT2D eigenvalue weighted by Gasteiger charge is -2.02. The Balaban J connectivity index is 2.30. The molecule has 0 heterocycles. The third kappa shape index (κ3) is 3.46. The Hall–Kier alpha value is -1.57. The molecule has 0 spiro atoms. The van der Waals surface area contributed by atoms with Crippen molar-refractivity contribution in [2.45, 2.75) is 0 Å². The van der Waals surface area contributed by atoms with Gasteiger partial charge in [-0.2, -0.15) is 5.26 Å². The highest BCUT2D eigenvalue weighted by Crippen LogP contribution is 2.33. The molecule has 0 aliphatic rings. The molecule has 0 unspecified atom stereocenters. The molecular formula is C15H9Br2NO. The van der Waals surface area contributed by atoms with Gasteiger partial charge in [-0.05, 0) is 67.3 Å². The highest BCUT2D eigenvalue weighted by atomic mass is 79.9. The maximum Gasteiger partial charge on any atom is 0.143 e. The monoisotopic (exact) mass is 377 g/mol. The molecule has 4 heteroatoms. The Bertz CT molecular complexity index is 664. The van der Waals surface area contributed by atoms with Gasteiger partial charge in [-0.25, -0.2) is 0 Å². The molecule has 0 bridgehead atoms. The first kappa shape index (κ1) is 13.9. The molecule has 0 radical (unpaired) electrons. The second kappa shape index (κ2) is 6.05. The number of phenols is 1. The molecule has 0 amide bonds. The SMILES string of the molecule is N#Cc1cccc(/C=C/c2cc(Br)c(O)c(Br)c2)c1. The second-order valence-corrected chi connectivity index (χ2v) is 5.61. The van der Waals surface area contributed by atoms with Gasteiger partial charge in [0, 0.05) is 0 Å². The quantitative estimate of drug-likeness (QED) is 0.750. The number of rotatable bonds is 2. The van der Waals surface area contributed by atoms with Crippen molar-refractivity contribution in [1.29, 1.82) is 5.26 Å². The third-order valence-electron chi connectivity index (χ3n) is 2.52. The zero-order valence-electron chi connectivity index (χ0n) is 9.77. The van der Waals surface area contributed by atoms with Gasteiger partial charge in [0.2, 0.25) is 0 Å². The van der Waals surface area contributed by atoms with Crippen LogP contribution < -0.4 is 0 Å². The molecule has 0 saturated carbocycles. The van der Waals surface area contributed by atoms with Crippen molar-refractivity contribution in [3.05, 3.63) is 62.0 Å². The van der Waals surface area contributed by atoms with Crippen LogP contribution >= 0.6 is 31.9 Å². The van der Waals surface area contributed by atoms with Crippen LogP contribution in [0.25, 0.3) is 12.2 Å². The van der Waals surface area contributed by atoms with E-state index in [4.69, 9.17) is 5.26 Å². The fourth-order valence-electron chi connectivity index (χ4n) is 1.59. The molecule has 2 rings (SSSR count). The minimum absolute atomic E-state index is 0.184. The fourth-order valence-corrected chi connectivity index (χ4v) is 2.81. The van der Waals surface area contributed by atoms with Crippen LogP contribution in [0.4, 0.5) is 0 Å². The van der Waals surface area contributed by atoms with E-state index in [0.29, 0.717) is 14.5 Å². The van der Waals surface area contributed by atoms with E-state index >= 15 is 0 Å². The summed E-state index contributed by atoms with van der Waals surface area (Å²) in [6.45, 7) is 0. The molecule has 1 N–H and O–H groups in total. The summed E-state index contributed by atoms with van der Waals surface area (Å²) >= 11 is 6.58. The summed E-state index contributed by atoms with van der Waals surface area (Å²) in [5, 5.41) is 18.5. The first-order valence-corrected chi connectivity index (χ1v) is 7.05. The Morgan fingerprint density at radius 1 is 1.00 bits per heavy atom. The van der Waals surface area contributed by atoms with Gasteiger partial charge in [0.25, 0.3) is 0 Å². The summed E-state index contributed by atoms with van der Waals surface area (Å²) in [7, 11) is 0. The molecular weight excluding hydrogens is 370 g/mol. The standard InChI is InChI=1S/C15H9Br2NO/c16-13-7-11(8-14(17)15(13)19)5-4-10-2-1-3-12(6-10)9-18/h1-8,19H/b5-4+. The predicted octanol–water partition coefficient (Wildman–Crippen LogP) is 4.96. The van der Waals surface area contributed by atoms with Gasteiger partial charge < -0.3 is 5.11 Å². The lowest BCUT2D eigenvalue weighted by molar-refractivity contribution is 0.468. The Morgan fingerprint density at radius 3 is 2.26 bits per heavy atom. The van der Waals surface area contributed by atoms with Gasteiger partial charge in [-0.3, -0.25) is 0 Å². The smallest absolute Gasteiger partial charge is 0.143 e. The highest BCUT2D eigenvalue weighted by Gasteiger charge is 2.03. The van der Waals surface area contributed by atoms with E-state index in [0.717, 1.165) is 11.1 Å². The fraction of sp³-hybridized carbons (Fsp3) is 0. The average Bonchev–Trinajstić information content (AvgIpc) is 2.42. The van der Waals surface area contributed by atoms with Crippen LogP contribution in [0.5, 0.6) is 5.75 Å². The topological polar surface area (TPSA) is 44.0 Å². The first-order valence-electron chi connectivity index (χ1n) is 5.46. The maximum atomic E-state index is 9.63. The lowest BCUT2D eigenvalue weighted by Crippen LogP contribution is -1.78. The zero-order chi connectivity index (χ0) is 13.8. The first-order chi connectivity index (χ1) is 9.10. The normalized spacial score (nSPS) is 10.6. The van der Waals surface area contributed by atoms with E-state index in [1.54, 1.807) is 6.07 Å². The summed E-state index contributed by atoms with van der Waals surface area (Å²) in [4.78, 5) is 0. The van der Waals surface area contributed by atoms with Crippen molar-refractivity contribution in [2.24, 2.45) is 0 Å². The van der Waals surface area contributed by atoms with E-state index in [1.165, 1.54) is 0 Å². The molecule has 94 valence electrons. The van der Waals surface area contributed by atoms with Crippen LogP contribution in [0.15, 0.2) is 45.3 Å². The van der Waals surface area contributed by atoms with Crippen molar-refractivity contribution in [3.63, 3.8) is 0 Å². The summed E-state index contributed by atoms with van der Waals surface area (Å²) in [6, 6.07) is 13.1. The van der Waals surface area contributed by atoms with E-state index in [2.05, 4.69) is 37.9 Å². The molecule has 19 heavy (non-hydrogen) atoms. The minimum atomic E-state index is 0.184. The Morgan fingerprint density at radius 2 is 1.63 bits per heavy atom. The molecule has 0 atom stereocenters. The van der Waals surface area contributed by atoms with Gasteiger partial charge in [-0.15, -0.1) is 0 Å². The van der Waals surface area contributed by atoms with Gasteiger partial charge in [-0.1, -0.05) is 24.3 Å². The van der Waals surface area contributed by atoms with E-state index in [1.807, 2.05) is 42.5 Å². The molecule has 2 aromatic rings. The van der Waals surface area contributed by atoms with Crippen LogP contribution in [-0.2, 0) is 0 Å². The van der Waals surface area contributed by atoms with E-state index in [-0.39, 0.29) is 5.75 Å². The predicted molar refractivity (Wildman–Crippen MR) is 83.6 cm³/mol. The van der Waals surface area contributed by atoms with Crippen molar-refractivity contribution < 1.29 is 5.11 Å². The molecule has 2 nitrogen and oxygen atoms in total. The molecule has 0 aliphatic heterocycles. The molecule has 2 aromatic carbocycles. The van der Waals surface area contributed by atoms with Crippen LogP contribution in [-0.4, -0.2) is 5.11 Å². The number of benzene rings is 2. The van der Waals surface area contributed by atoms with Crippen LogP contribution in [0, 0.1) is 11.3 Å². The van der Waals surface area contributed by atoms with E-state index < -0.39 is 0 Å². The second-order valence-electron chi connectivity index (χ2n) is 3.90. The number of nitrogens with zero attached hydrogens (tertiary/aromatic N) is 1. The van der Waals surface area contributed by atoms with Crippen LogP contribution in [0.2, 0.25) is 0 Å².